The molecule has 2 heterocycles. The number of anilines is 2. The summed E-state index contributed by atoms with van der Waals surface area (Å²) >= 11 is 0. The van der Waals surface area contributed by atoms with Crippen LogP contribution in [0.1, 0.15) is 21.5 Å². The van der Waals surface area contributed by atoms with Gasteiger partial charge in [-0.1, -0.05) is 5.92 Å². The number of carbonyl (C=O) groups excluding carboxylic acids is 1. The molecule has 2 N–H and O–H groups in total. The lowest BCUT2D eigenvalue weighted by Gasteiger charge is -2.13. The van der Waals surface area contributed by atoms with Gasteiger partial charge in [-0.3, -0.25) is 9.63 Å². The maximum Gasteiger partial charge on any atom is 0.279 e. The molecule has 0 bridgehead atoms. The Kier molecular flexibility index (Phi) is 4.42. The number of hydrogen-bond donors (Lipinski definition) is 2. The van der Waals surface area contributed by atoms with Gasteiger partial charge in [0.25, 0.3) is 5.91 Å². The zero-order valence-corrected chi connectivity index (χ0v) is 14.3. The Morgan fingerprint density at radius 2 is 2.16 bits per heavy atom. The number of carbonyl (C=O) groups is 1. The van der Waals surface area contributed by atoms with Gasteiger partial charge in [0.15, 0.2) is 0 Å². The van der Waals surface area contributed by atoms with Gasteiger partial charge in [0.2, 0.25) is 0 Å². The highest BCUT2D eigenvalue weighted by Gasteiger charge is 2.22. The number of benzene rings is 1. The SMILES string of the molecule is C#Cc1ccc(Nc2c(C(=O)NOC)c3cccnc3n2C)c(C)c1. The van der Waals surface area contributed by atoms with E-state index in [1.165, 1.54) is 7.11 Å². The van der Waals surface area contributed by atoms with Crippen LogP contribution < -0.4 is 10.8 Å². The van der Waals surface area contributed by atoms with E-state index in [0.717, 1.165) is 22.2 Å². The van der Waals surface area contributed by atoms with Gasteiger partial charge in [-0.25, -0.2) is 10.5 Å². The summed E-state index contributed by atoms with van der Waals surface area (Å²) in [4.78, 5) is 21.7. The van der Waals surface area contributed by atoms with Crippen LogP contribution in [0.4, 0.5) is 11.5 Å². The minimum absolute atomic E-state index is 0.346. The number of amides is 1. The van der Waals surface area contributed by atoms with Gasteiger partial charge in [0.05, 0.1) is 12.7 Å². The minimum Gasteiger partial charge on any atom is -0.341 e. The van der Waals surface area contributed by atoms with Crippen LogP contribution in [0.5, 0.6) is 0 Å². The molecule has 0 unspecified atom stereocenters. The standard InChI is InChI=1S/C19H18N4O2/c1-5-13-8-9-15(12(2)11-13)21-18-16(19(24)22-25-4)14-7-6-10-20-17(14)23(18)3/h1,6-11,21H,2-4H3,(H,22,24). The van der Waals surface area contributed by atoms with Crippen molar-refractivity contribution in [1.29, 1.82) is 0 Å². The van der Waals surface area contributed by atoms with E-state index in [9.17, 15) is 4.79 Å². The summed E-state index contributed by atoms with van der Waals surface area (Å²) in [6.45, 7) is 1.96. The van der Waals surface area contributed by atoms with E-state index in [1.54, 1.807) is 12.3 Å². The first-order chi connectivity index (χ1) is 12.1. The molecular weight excluding hydrogens is 316 g/mol. The van der Waals surface area contributed by atoms with Crippen LogP contribution in [0.2, 0.25) is 0 Å². The number of hydroxylamine groups is 1. The van der Waals surface area contributed by atoms with Crippen molar-refractivity contribution >= 4 is 28.4 Å². The Labute approximate surface area is 145 Å². The molecule has 3 aromatic rings. The fourth-order valence-corrected chi connectivity index (χ4v) is 2.80. The van der Waals surface area contributed by atoms with E-state index in [1.807, 2.05) is 42.8 Å². The van der Waals surface area contributed by atoms with E-state index >= 15 is 0 Å². The summed E-state index contributed by atoms with van der Waals surface area (Å²) in [5, 5.41) is 4.06. The van der Waals surface area contributed by atoms with Gasteiger partial charge < -0.3 is 9.88 Å². The van der Waals surface area contributed by atoms with Crippen molar-refractivity contribution < 1.29 is 9.63 Å². The highest BCUT2D eigenvalue weighted by Crippen LogP contribution is 2.31. The number of pyridine rings is 1. The van der Waals surface area contributed by atoms with Crippen LogP contribution in [-0.4, -0.2) is 22.6 Å². The van der Waals surface area contributed by atoms with E-state index in [4.69, 9.17) is 11.3 Å². The highest BCUT2D eigenvalue weighted by atomic mass is 16.6. The molecule has 0 atom stereocenters. The normalized spacial score (nSPS) is 10.5. The average molecular weight is 334 g/mol. The van der Waals surface area contributed by atoms with Crippen LogP contribution in [0, 0.1) is 19.3 Å². The van der Waals surface area contributed by atoms with E-state index in [-0.39, 0.29) is 5.91 Å². The first kappa shape index (κ1) is 16.6. The monoisotopic (exact) mass is 334 g/mol. The molecule has 0 aliphatic rings. The molecule has 25 heavy (non-hydrogen) atoms. The molecule has 1 amide bonds. The molecule has 0 aliphatic heterocycles. The van der Waals surface area contributed by atoms with Gasteiger partial charge >= 0.3 is 0 Å². The molecule has 0 saturated heterocycles. The summed E-state index contributed by atoms with van der Waals surface area (Å²) in [5.41, 5.74) is 6.18. The molecule has 126 valence electrons. The van der Waals surface area contributed by atoms with Crippen molar-refractivity contribution in [1.82, 2.24) is 15.0 Å². The van der Waals surface area contributed by atoms with Gasteiger partial charge in [-0.15, -0.1) is 6.42 Å². The van der Waals surface area contributed by atoms with Crippen molar-refractivity contribution in [2.24, 2.45) is 7.05 Å². The van der Waals surface area contributed by atoms with E-state index in [0.29, 0.717) is 17.0 Å². The molecule has 3 rings (SSSR count). The zero-order valence-electron chi connectivity index (χ0n) is 14.3. The summed E-state index contributed by atoms with van der Waals surface area (Å²) < 4.78 is 1.84. The van der Waals surface area contributed by atoms with Gasteiger partial charge in [0, 0.05) is 29.9 Å². The van der Waals surface area contributed by atoms with Crippen LogP contribution in [0.15, 0.2) is 36.5 Å². The second-order valence-corrected chi connectivity index (χ2v) is 5.59. The first-order valence-electron chi connectivity index (χ1n) is 7.67. The molecule has 0 aliphatic carbocycles. The number of rotatable bonds is 4. The largest absolute Gasteiger partial charge is 0.341 e. The van der Waals surface area contributed by atoms with Crippen molar-refractivity contribution in [3.05, 3.63) is 53.2 Å². The molecule has 6 nitrogen and oxygen atoms in total. The van der Waals surface area contributed by atoms with Crippen LogP contribution in [0.3, 0.4) is 0 Å². The predicted molar refractivity (Wildman–Crippen MR) is 97.6 cm³/mol. The van der Waals surface area contributed by atoms with Gasteiger partial charge in [-0.05, 0) is 42.8 Å². The zero-order chi connectivity index (χ0) is 18.0. The maximum atomic E-state index is 12.5. The lowest BCUT2D eigenvalue weighted by atomic mass is 10.1. The molecule has 6 heteroatoms. The molecule has 0 fully saturated rings. The Bertz CT molecular complexity index is 999. The Morgan fingerprint density at radius 1 is 1.36 bits per heavy atom. The van der Waals surface area contributed by atoms with Crippen molar-refractivity contribution in [3.63, 3.8) is 0 Å². The Balaban J connectivity index is 2.15. The quantitative estimate of drug-likeness (QED) is 0.569. The third-order valence-electron chi connectivity index (χ3n) is 4.01. The molecule has 2 aromatic heterocycles. The van der Waals surface area contributed by atoms with Crippen molar-refractivity contribution in [2.75, 3.05) is 12.4 Å². The number of aromatic nitrogens is 2. The number of terminal acetylenes is 1. The predicted octanol–water partition coefficient (Wildman–Crippen LogP) is 2.90. The summed E-state index contributed by atoms with van der Waals surface area (Å²) in [6, 6.07) is 9.31. The second kappa shape index (κ2) is 6.67. The Morgan fingerprint density at radius 3 is 2.84 bits per heavy atom. The van der Waals surface area contributed by atoms with Gasteiger partial charge in [0.1, 0.15) is 11.5 Å². The molecule has 0 spiro atoms. The van der Waals surface area contributed by atoms with E-state index in [2.05, 4.69) is 21.7 Å². The van der Waals surface area contributed by atoms with Crippen molar-refractivity contribution in [2.45, 2.75) is 6.92 Å². The fraction of sp³-hybridized carbons (Fsp3) is 0.158. The number of fused-ring (bicyclic) bond motifs is 1. The molecule has 0 radical (unpaired) electrons. The number of hydrogen-bond acceptors (Lipinski definition) is 4. The topological polar surface area (TPSA) is 68.2 Å². The smallest absolute Gasteiger partial charge is 0.279 e. The summed E-state index contributed by atoms with van der Waals surface area (Å²) in [7, 11) is 3.25. The minimum atomic E-state index is -0.346. The average Bonchev–Trinajstić information content (AvgIpc) is 2.89. The molecule has 0 saturated carbocycles. The first-order valence-corrected chi connectivity index (χ1v) is 7.67. The third-order valence-corrected chi connectivity index (χ3v) is 4.01. The number of nitrogens with zero attached hydrogens (tertiary/aromatic N) is 2. The summed E-state index contributed by atoms with van der Waals surface area (Å²) in [5.74, 6) is 2.89. The van der Waals surface area contributed by atoms with Crippen LogP contribution >= 0.6 is 0 Å². The molecular formula is C19H18N4O2. The third kappa shape index (κ3) is 2.93. The molecule has 1 aromatic carbocycles. The lowest BCUT2D eigenvalue weighted by Crippen LogP contribution is -2.22. The van der Waals surface area contributed by atoms with E-state index < -0.39 is 0 Å². The van der Waals surface area contributed by atoms with Crippen LogP contribution in [-0.2, 0) is 11.9 Å². The fourth-order valence-electron chi connectivity index (χ4n) is 2.80. The Hall–Kier alpha value is -3.30. The summed E-state index contributed by atoms with van der Waals surface area (Å²) in [6.07, 6.45) is 7.14. The lowest BCUT2D eigenvalue weighted by molar-refractivity contribution is 0.0540. The maximum absolute atomic E-state index is 12.5. The highest BCUT2D eigenvalue weighted by molar-refractivity contribution is 6.11. The van der Waals surface area contributed by atoms with Crippen molar-refractivity contribution in [3.8, 4) is 12.3 Å². The second-order valence-electron chi connectivity index (χ2n) is 5.59. The van der Waals surface area contributed by atoms with Crippen LogP contribution in [0.25, 0.3) is 11.0 Å². The number of nitrogens with one attached hydrogen (secondary N) is 2. The number of aryl methyl sites for hydroxylation is 2. The van der Waals surface area contributed by atoms with Gasteiger partial charge in [-0.2, -0.15) is 0 Å².